The molecule has 1 aromatic carbocycles. The van der Waals surface area contributed by atoms with Crippen molar-refractivity contribution in [1.29, 1.82) is 0 Å². The first-order valence-corrected chi connectivity index (χ1v) is 6.67. The number of likely N-dealkylation sites (tertiary alicyclic amines) is 1. The lowest BCUT2D eigenvalue weighted by Crippen LogP contribution is -2.64. The monoisotopic (exact) mass is 276 g/mol. The van der Waals surface area contributed by atoms with E-state index in [1.165, 1.54) is 18.2 Å². The molecule has 20 heavy (non-hydrogen) atoms. The fourth-order valence-corrected chi connectivity index (χ4v) is 2.81. The van der Waals surface area contributed by atoms with Crippen LogP contribution in [0.3, 0.4) is 0 Å². The minimum Gasteiger partial charge on any atom is -0.386 e. The predicted molar refractivity (Wildman–Crippen MR) is 71.4 cm³/mol. The van der Waals surface area contributed by atoms with Crippen LogP contribution in [-0.4, -0.2) is 39.5 Å². The van der Waals surface area contributed by atoms with Crippen molar-refractivity contribution in [2.45, 2.75) is 25.4 Å². The fraction of sp³-hybridized carbons (Fsp3) is 0.500. The van der Waals surface area contributed by atoms with Gasteiger partial charge in [-0.15, -0.1) is 0 Å². The molecule has 0 aromatic heterocycles. The number of nitro groups is 1. The molecule has 106 valence electrons. The Morgan fingerprint density at radius 1 is 1.45 bits per heavy atom. The molecule has 0 spiro atoms. The van der Waals surface area contributed by atoms with Crippen LogP contribution in [-0.2, 0) is 0 Å². The molecule has 1 heterocycles. The molecule has 1 saturated heterocycles. The summed E-state index contributed by atoms with van der Waals surface area (Å²) < 4.78 is 0. The second-order valence-electron chi connectivity index (χ2n) is 5.80. The SMILES string of the molecule is Cc1cc(C(=O)N2CC(O)(C3CC3)C2)ccc1[N+](=O)[O-]. The normalized spacial score (nSPS) is 20.4. The smallest absolute Gasteiger partial charge is 0.272 e. The van der Waals surface area contributed by atoms with Gasteiger partial charge in [0.15, 0.2) is 0 Å². The van der Waals surface area contributed by atoms with E-state index in [4.69, 9.17) is 0 Å². The summed E-state index contributed by atoms with van der Waals surface area (Å²) in [4.78, 5) is 24.1. The van der Waals surface area contributed by atoms with E-state index in [1.54, 1.807) is 11.8 Å². The Kier molecular flexibility index (Phi) is 2.79. The predicted octanol–water partition coefficient (Wildman–Crippen LogP) is 1.50. The Hall–Kier alpha value is -1.95. The summed E-state index contributed by atoms with van der Waals surface area (Å²) in [6, 6.07) is 4.37. The van der Waals surface area contributed by atoms with E-state index in [1.807, 2.05) is 0 Å². The van der Waals surface area contributed by atoms with E-state index in [-0.39, 0.29) is 11.6 Å². The Bertz CT molecular complexity index is 589. The van der Waals surface area contributed by atoms with Gasteiger partial charge >= 0.3 is 0 Å². The van der Waals surface area contributed by atoms with Crippen LogP contribution < -0.4 is 0 Å². The number of carbonyl (C=O) groups is 1. The molecule has 0 atom stereocenters. The van der Waals surface area contributed by atoms with Gasteiger partial charge < -0.3 is 10.0 Å². The number of hydrogen-bond donors (Lipinski definition) is 1. The molecule has 0 unspecified atom stereocenters. The number of β-amino-alcohol motifs (C(OH)–C–C–N with tert-alkyl or cyclic N) is 1. The highest BCUT2D eigenvalue weighted by molar-refractivity contribution is 5.95. The zero-order valence-electron chi connectivity index (χ0n) is 11.2. The van der Waals surface area contributed by atoms with Crippen LogP contribution in [0.4, 0.5) is 5.69 Å². The van der Waals surface area contributed by atoms with E-state index in [9.17, 15) is 20.0 Å². The third kappa shape index (κ3) is 2.06. The average Bonchev–Trinajstić information content (AvgIpc) is 3.18. The Morgan fingerprint density at radius 3 is 2.60 bits per heavy atom. The number of nitro benzene ring substituents is 1. The highest BCUT2D eigenvalue weighted by atomic mass is 16.6. The van der Waals surface area contributed by atoms with E-state index in [0.29, 0.717) is 30.1 Å². The van der Waals surface area contributed by atoms with Gasteiger partial charge in [-0.3, -0.25) is 14.9 Å². The number of rotatable bonds is 3. The maximum Gasteiger partial charge on any atom is 0.272 e. The number of amides is 1. The molecule has 0 bridgehead atoms. The van der Waals surface area contributed by atoms with Crippen LogP contribution >= 0.6 is 0 Å². The summed E-state index contributed by atoms with van der Waals surface area (Å²) in [6.45, 7) is 2.35. The molecule has 0 radical (unpaired) electrons. The first kappa shape index (κ1) is 13.1. The summed E-state index contributed by atoms with van der Waals surface area (Å²) in [5.74, 6) is 0.165. The van der Waals surface area contributed by atoms with Gasteiger partial charge in [0.25, 0.3) is 11.6 Å². The first-order chi connectivity index (χ1) is 9.40. The number of benzene rings is 1. The molecule has 2 aliphatic rings. The molecule has 3 rings (SSSR count). The maximum atomic E-state index is 12.2. The van der Waals surface area contributed by atoms with E-state index < -0.39 is 10.5 Å². The Morgan fingerprint density at radius 2 is 2.10 bits per heavy atom. The molecular formula is C14H16N2O4. The maximum absolute atomic E-state index is 12.2. The summed E-state index contributed by atoms with van der Waals surface area (Å²) in [6.07, 6.45) is 2.07. The summed E-state index contributed by atoms with van der Waals surface area (Å²) in [5.41, 5.74) is 0.218. The zero-order valence-corrected chi connectivity index (χ0v) is 11.2. The van der Waals surface area contributed by atoms with Crippen molar-refractivity contribution in [1.82, 2.24) is 4.90 Å². The van der Waals surface area contributed by atoms with Crippen LogP contribution in [0.1, 0.15) is 28.8 Å². The minimum atomic E-state index is -0.703. The standard InChI is InChI=1S/C14H16N2O4/c1-9-6-10(2-5-12(9)16(19)20)13(17)15-7-14(18,8-15)11-3-4-11/h2,5-6,11,18H,3-4,7-8H2,1H3. The quantitative estimate of drug-likeness (QED) is 0.669. The molecule has 6 heteroatoms. The van der Waals surface area contributed by atoms with Gasteiger partial charge in [-0.25, -0.2) is 0 Å². The number of hydrogen-bond acceptors (Lipinski definition) is 4. The number of aryl methyl sites for hydroxylation is 1. The van der Waals surface area contributed by atoms with Crippen molar-refractivity contribution in [3.63, 3.8) is 0 Å². The highest BCUT2D eigenvalue weighted by Gasteiger charge is 2.53. The third-order valence-corrected chi connectivity index (χ3v) is 4.19. The van der Waals surface area contributed by atoms with Gasteiger partial charge in [-0.1, -0.05) is 0 Å². The molecule has 1 aliphatic heterocycles. The molecule has 1 saturated carbocycles. The van der Waals surface area contributed by atoms with Crippen LogP contribution in [0.2, 0.25) is 0 Å². The van der Waals surface area contributed by atoms with Crippen molar-refractivity contribution < 1.29 is 14.8 Å². The van der Waals surface area contributed by atoms with Crippen molar-refractivity contribution >= 4 is 11.6 Å². The van der Waals surface area contributed by atoms with Gasteiger partial charge in [0.1, 0.15) is 5.60 Å². The van der Waals surface area contributed by atoms with Crippen LogP contribution in [0.25, 0.3) is 0 Å². The van der Waals surface area contributed by atoms with E-state index >= 15 is 0 Å². The van der Waals surface area contributed by atoms with Crippen LogP contribution in [0.15, 0.2) is 18.2 Å². The highest BCUT2D eigenvalue weighted by Crippen LogP contribution is 2.44. The topological polar surface area (TPSA) is 83.7 Å². The molecule has 2 fully saturated rings. The van der Waals surface area contributed by atoms with Crippen molar-refractivity contribution in [2.24, 2.45) is 5.92 Å². The Labute approximate surface area is 116 Å². The third-order valence-electron chi connectivity index (χ3n) is 4.19. The van der Waals surface area contributed by atoms with Crippen molar-refractivity contribution in [3.05, 3.63) is 39.4 Å². The Balaban J connectivity index is 1.72. The molecular weight excluding hydrogens is 260 g/mol. The fourth-order valence-electron chi connectivity index (χ4n) is 2.81. The molecule has 1 N–H and O–H groups in total. The van der Waals surface area contributed by atoms with Gasteiger partial charge in [-0.2, -0.15) is 0 Å². The summed E-state index contributed by atoms with van der Waals surface area (Å²) in [7, 11) is 0. The second-order valence-corrected chi connectivity index (χ2v) is 5.80. The lowest BCUT2D eigenvalue weighted by atomic mass is 9.88. The largest absolute Gasteiger partial charge is 0.386 e. The molecule has 1 aliphatic carbocycles. The molecule has 1 aromatic rings. The van der Waals surface area contributed by atoms with Crippen LogP contribution in [0.5, 0.6) is 0 Å². The van der Waals surface area contributed by atoms with Gasteiger partial charge in [-0.05, 0) is 37.8 Å². The number of carbonyl (C=O) groups excluding carboxylic acids is 1. The number of nitrogens with zero attached hydrogens (tertiary/aromatic N) is 2. The van der Waals surface area contributed by atoms with E-state index in [2.05, 4.69) is 0 Å². The van der Waals surface area contributed by atoms with Crippen molar-refractivity contribution in [3.8, 4) is 0 Å². The summed E-state index contributed by atoms with van der Waals surface area (Å²) >= 11 is 0. The summed E-state index contributed by atoms with van der Waals surface area (Å²) in [5, 5.41) is 21.0. The van der Waals surface area contributed by atoms with Gasteiger partial charge in [0.2, 0.25) is 0 Å². The minimum absolute atomic E-state index is 0.0136. The number of aliphatic hydroxyl groups is 1. The zero-order chi connectivity index (χ0) is 14.5. The van der Waals surface area contributed by atoms with Gasteiger partial charge in [0, 0.05) is 17.2 Å². The van der Waals surface area contributed by atoms with Gasteiger partial charge in [0.05, 0.1) is 18.0 Å². The first-order valence-electron chi connectivity index (χ1n) is 6.67. The average molecular weight is 276 g/mol. The second kappa shape index (κ2) is 4.28. The lowest BCUT2D eigenvalue weighted by molar-refractivity contribution is -0.385. The van der Waals surface area contributed by atoms with E-state index in [0.717, 1.165) is 12.8 Å². The lowest BCUT2D eigenvalue weighted by Gasteiger charge is -2.47. The van der Waals surface area contributed by atoms with Crippen molar-refractivity contribution in [2.75, 3.05) is 13.1 Å². The molecule has 1 amide bonds. The van der Waals surface area contributed by atoms with Crippen LogP contribution in [0, 0.1) is 23.0 Å². The molecule has 6 nitrogen and oxygen atoms in total.